The molecule has 116 valence electrons. The molecule has 1 aromatic carbocycles. The van der Waals surface area contributed by atoms with Crippen molar-refractivity contribution in [1.29, 1.82) is 0 Å². The number of hydrogen-bond donors (Lipinski definition) is 2. The Morgan fingerprint density at radius 1 is 1.43 bits per heavy atom. The third kappa shape index (κ3) is 3.39. The Labute approximate surface area is 122 Å². The van der Waals surface area contributed by atoms with Crippen molar-refractivity contribution in [2.75, 3.05) is 19.7 Å². The molecule has 1 heterocycles. The number of halogens is 2. The lowest BCUT2D eigenvalue weighted by Gasteiger charge is -2.41. The molecular weight excluding hydrogens is 278 g/mol. The summed E-state index contributed by atoms with van der Waals surface area (Å²) in [6.07, 6.45) is 0. The lowest BCUT2D eigenvalue weighted by atomic mass is 9.98. The number of nitrogens with zero attached hydrogens (tertiary/aromatic N) is 1. The van der Waals surface area contributed by atoms with Gasteiger partial charge >= 0.3 is 0 Å². The minimum atomic E-state index is -1.04. The van der Waals surface area contributed by atoms with Crippen LogP contribution in [-0.4, -0.2) is 47.7 Å². The number of aliphatic hydroxyl groups is 1. The molecule has 2 unspecified atom stereocenters. The van der Waals surface area contributed by atoms with Gasteiger partial charge in [0.1, 0.15) is 0 Å². The highest BCUT2D eigenvalue weighted by Crippen LogP contribution is 2.17. The minimum absolute atomic E-state index is 0.0942. The van der Waals surface area contributed by atoms with Crippen molar-refractivity contribution in [2.24, 2.45) is 5.92 Å². The van der Waals surface area contributed by atoms with Crippen molar-refractivity contribution in [1.82, 2.24) is 10.2 Å². The average molecular weight is 298 g/mol. The smallest absolute Gasteiger partial charge is 0.254 e. The van der Waals surface area contributed by atoms with E-state index >= 15 is 0 Å². The molecule has 0 aromatic heterocycles. The third-order valence-electron chi connectivity index (χ3n) is 3.89. The number of nitrogens with one attached hydrogen (secondary N) is 1. The van der Waals surface area contributed by atoms with Gasteiger partial charge in [-0.3, -0.25) is 4.79 Å². The molecule has 0 bridgehead atoms. The van der Waals surface area contributed by atoms with Crippen LogP contribution in [0.2, 0.25) is 0 Å². The minimum Gasteiger partial charge on any atom is -0.394 e. The molecule has 0 radical (unpaired) electrons. The Morgan fingerprint density at radius 3 is 2.71 bits per heavy atom. The Morgan fingerprint density at radius 2 is 2.14 bits per heavy atom. The van der Waals surface area contributed by atoms with E-state index in [0.717, 1.165) is 12.1 Å². The van der Waals surface area contributed by atoms with Gasteiger partial charge in [0, 0.05) is 24.7 Å². The molecular formula is C15H20F2N2O2. The number of carbonyl (C=O) groups is 1. The maximum absolute atomic E-state index is 13.3. The molecule has 2 rings (SSSR count). The number of piperazine rings is 1. The van der Waals surface area contributed by atoms with Crippen LogP contribution in [0.1, 0.15) is 24.2 Å². The highest BCUT2D eigenvalue weighted by atomic mass is 19.2. The zero-order chi connectivity index (χ0) is 15.6. The standard InChI is InChI=1S/C15H20F2N2O2/c1-9(2)14-7-19(11(8-20)6-18-14)15(21)10-3-4-12(16)13(17)5-10/h3-5,9,11,14,18,20H,6-8H2,1-2H3. The maximum atomic E-state index is 13.3. The first kappa shape index (κ1) is 15.9. The average Bonchev–Trinajstić information content (AvgIpc) is 2.48. The summed E-state index contributed by atoms with van der Waals surface area (Å²) in [4.78, 5) is 14.0. The first-order valence-electron chi connectivity index (χ1n) is 7.04. The molecule has 2 N–H and O–H groups in total. The summed E-state index contributed by atoms with van der Waals surface area (Å²) < 4.78 is 26.2. The third-order valence-corrected chi connectivity index (χ3v) is 3.89. The van der Waals surface area contributed by atoms with Gasteiger partial charge in [0.25, 0.3) is 5.91 Å². The Hall–Kier alpha value is -1.53. The van der Waals surface area contributed by atoms with E-state index in [0.29, 0.717) is 19.0 Å². The molecule has 0 saturated carbocycles. The van der Waals surface area contributed by atoms with E-state index in [2.05, 4.69) is 5.32 Å². The summed E-state index contributed by atoms with van der Waals surface area (Å²) >= 11 is 0. The van der Waals surface area contributed by atoms with Crippen LogP contribution in [0.4, 0.5) is 8.78 Å². The monoisotopic (exact) mass is 298 g/mol. The van der Waals surface area contributed by atoms with Crippen molar-refractivity contribution in [3.05, 3.63) is 35.4 Å². The van der Waals surface area contributed by atoms with E-state index in [1.807, 2.05) is 13.8 Å². The molecule has 1 fully saturated rings. The van der Waals surface area contributed by atoms with Gasteiger partial charge in [-0.1, -0.05) is 13.8 Å². The van der Waals surface area contributed by atoms with Crippen LogP contribution >= 0.6 is 0 Å². The summed E-state index contributed by atoms with van der Waals surface area (Å²) in [5.41, 5.74) is 0.0942. The highest BCUT2D eigenvalue weighted by Gasteiger charge is 2.32. The van der Waals surface area contributed by atoms with Crippen molar-refractivity contribution in [3.63, 3.8) is 0 Å². The van der Waals surface area contributed by atoms with E-state index in [1.165, 1.54) is 11.0 Å². The summed E-state index contributed by atoms with van der Waals surface area (Å²) in [7, 11) is 0. The maximum Gasteiger partial charge on any atom is 0.254 e. The molecule has 1 aromatic rings. The molecule has 2 atom stereocenters. The molecule has 6 heteroatoms. The summed E-state index contributed by atoms with van der Waals surface area (Å²) in [5, 5.41) is 12.7. The van der Waals surface area contributed by atoms with E-state index in [9.17, 15) is 18.7 Å². The Bertz CT molecular complexity index is 522. The van der Waals surface area contributed by atoms with Gasteiger partial charge < -0.3 is 15.3 Å². The van der Waals surface area contributed by atoms with Crippen LogP contribution in [-0.2, 0) is 0 Å². The van der Waals surface area contributed by atoms with Crippen LogP contribution in [0.25, 0.3) is 0 Å². The second-order valence-electron chi connectivity index (χ2n) is 5.68. The van der Waals surface area contributed by atoms with Crippen molar-refractivity contribution >= 4 is 5.91 Å². The van der Waals surface area contributed by atoms with E-state index in [-0.39, 0.29) is 30.2 Å². The number of carbonyl (C=O) groups excluding carboxylic acids is 1. The number of amides is 1. The van der Waals surface area contributed by atoms with E-state index in [4.69, 9.17) is 0 Å². The number of aliphatic hydroxyl groups excluding tert-OH is 1. The Balaban J connectivity index is 2.22. The van der Waals surface area contributed by atoms with Crippen LogP contribution in [0.5, 0.6) is 0 Å². The van der Waals surface area contributed by atoms with Crippen LogP contribution in [0.15, 0.2) is 18.2 Å². The van der Waals surface area contributed by atoms with Crippen molar-refractivity contribution in [3.8, 4) is 0 Å². The predicted molar refractivity (Wildman–Crippen MR) is 74.9 cm³/mol. The van der Waals surface area contributed by atoms with Gasteiger partial charge in [-0.05, 0) is 24.1 Å². The fourth-order valence-electron chi connectivity index (χ4n) is 2.48. The fourth-order valence-corrected chi connectivity index (χ4v) is 2.48. The zero-order valence-electron chi connectivity index (χ0n) is 12.1. The normalized spacial score (nSPS) is 22.7. The van der Waals surface area contributed by atoms with Crippen LogP contribution < -0.4 is 5.32 Å². The molecule has 1 amide bonds. The second kappa shape index (κ2) is 6.49. The van der Waals surface area contributed by atoms with Crippen molar-refractivity contribution in [2.45, 2.75) is 25.9 Å². The highest BCUT2D eigenvalue weighted by molar-refractivity contribution is 5.94. The molecule has 0 spiro atoms. The largest absolute Gasteiger partial charge is 0.394 e. The molecule has 21 heavy (non-hydrogen) atoms. The molecule has 1 aliphatic heterocycles. The molecule has 4 nitrogen and oxygen atoms in total. The first-order chi connectivity index (χ1) is 9.93. The predicted octanol–water partition coefficient (Wildman–Crippen LogP) is 1.40. The lowest BCUT2D eigenvalue weighted by molar-refractivity contribution is 0.0434. The fraction of sp³-hybridized carbons (Fsp3) is 0.533. The number of hydrogen-bond acceptors (Lipinski definition) is 3. The van der Waals surface area contributed by atoms with Crippen LogP contribution in [0.3, 0.4) is 0 Å². The van der Waals surface area contributed by atoms with Gasteiger partial charge in [0.2, 0.25) is 0 Å². The topological polar surface area (TPSA) is 52.6 Å². The van der Waals surface area contributed by atoms with E-state index < -0.39 is 11.6 Å². The molecule has 1 aliphatic rings. The van der Waals surface area contributed by atoms with E-state index in [1.54, 1.807) is 0 Å². The summed E-state index contributed by atoms with van der Waals surface area (Å²) in [6.45, 7) is 4.82. The summed E-state index contributed by atoms with van der Waals surface area (Å²) in [6, 6.07) is 2.86. The van der Waals surface area contributed by atoms with Crippen LogP contribution in [0, 0.1) is 17.6 Å². The van der Waals surface area contributed by atoms with Crippen molar-refractivity contribution < 1.29 is 18.7 Å². The molecule has 0 aliphatic carbocycles. The van der Waals surface area contributed by atoms with Gasteiger partial charge in [-0.2, -0.15) is 0 Å². The number of rotatable bonds is 3. The first-order valence-corrected chi connectivity index (χ1v) is 7.04. The van der Waals surface area contributed by atoms with Gasteiger partial charge in [0.05, 0.1) is 12.6 Å². The van der Waals surface area contributed by atoms with Gasteiger partial charge in [0.15, 0.2) is 11.6 Å². The molecule has 1 saturated heterocycles. The summed E-state index contributed by atoms with van der Waals surface area (Å²) in [5.74, 6) is -2.09. The zero-order valence-corrected chi connectivity index (χ0v) is 12.1. The second-order valence-corrected chi connectivity index (χ2v) is 5.68. The van der Waals surface area contributed by atoms with Gasteiger partial charge in [-0.15, -0.1) is 0 Å². The SMILES string of the molecule is CC(C)C1CN(C(=O)c2ccc(F)c(F)c2)C(CO)CN1. The van der Waals surface area contributed by atoms with Gasteiger partial charge in [-0.25, -0.2) is 8.78 Å². The number of benzene rings is 1. The Kier molecular flexibility index (Phi) is 4.90. The lowest BCUT2D eigenvalue weighted by Crippen LogP contribution is -2.60. The quantitative estimate of drug-likeness (QED) is 0.887.